The van der Waals surface area contributed by atoms with Gasteiger partial charge in [0.1, 0.15) is 18.3 Å². The molecule has 1 fully saturated rings. The molecule has 0 spiro atoms. The fourth-order valence-corrected chi connectivity index (χ4v) is 2.18. The molecule has 2 aromatic rings. The Bertz CT molecular complexity index is 697. The lowest BCUT2D eigenvalue weighted by atomic mass is 10.1. The minimum Gasteiger partial charge on any atom is -0.387 e. The standard InChI is InChI=1S/C10H13N5O5/c11-10-13-7-4(8(18)14-10)12-2-15(7)1-3-5(16)6(17)9(19)20-3/h2-3,5-6,9,16-17,19H,1H2,(H3,11,13,14,18). The Balaban J connectivity index is 1.94. The summed E-state index contributed by atoms with van der Waals surface area (Å²) in [5.74, 6) is -0.0581. The van der Waals surface area contributed by atoms with Gasteiger partial charge >= 0.3 is 0 Å². The lowest BCUT2D eigenvalue weighted by molar-refractivity contribution is -0.128. The molecule has 0 aliphatic carbocycles. The highest BCUT2D eigenvalue weighted by molar-refractivity contribution is 5.70. The van der Waals surface area contributed by atoms with E-state index in [-0.39, 0.29) is 23.7 Å². The number of nitrogen functional groups attached to an aromatic ring is 1. The summed E-state index contributed by atoms with van der Waals surface area (Å²) in [6.07, 6.45) is -3.58. The molecule has 0 radical (unpaired) electrons. The van der Waals surface area contributed by atoms with Crippen LogP contribution in [0.1, 0.15) is 0 Å². The molecule has 4 unspecified atom stereocenters. The highest BCUT2D eigenvalue weighted by Gasteiger charge is 2.41. The number of nitrogens with one attached hydrogen (secondary N) is 1. The average Bonchev–Trinajstić information content (AvgIpc) is 2.88. The zero-order valence-electron chi connectivity index (χ0n) is 10.2. The van der Waals surface area contributed by atoms with Gasteiger partial charge in [0.05, 0.1) is 12.9 Å². The predicted octanol–water partition coefficient (Wildman–Crippen LogP) is -2.86. The van der Waals surface area contributed by atoms with Gasteiger partial charge in [0, 0.05) is 0 Å². The van der Waals surface area contributed by atoms with E-state index >= 15 is 0 Å². The van der Waals surface area contributed by atoms with Crippen molar-refractivity contribution >= 4 is 17.1 Å². The minimum atomic E-state index is -1.45. The molecule has 108 valence electrons. The van der Waals surface area contributed by atoms with Gasteiger partial charge in [-0.15, -0.1) is 0 Å². The first-order valence-electron chi connectivity index (χ1n) is 5.87. The second kappa shape index (κ2) is 4.52. The molecule has 10 nitrogen and oxygen atoms in total. The number of ether oxygens (including phenoxy) is 1. The summed E-state index contributed by atoms with van der Waals surface area (Å²) in [5, 5.41) is 28.5. The van der Waals surface area contributed by atoms with Crippen molar-refractivity contribution in [3.63, 3.8) is 0 Å². The van der Waals surface area contributed by atoms with Crippen LogP contribution in [0.15, 0.2) is 11.1 Å². The molecule has 1 aliphatic rings. The highest BCUT2D eigenvalue weighted by atomic mass is 16.6. The number of rotatable bonds is 2. The van der Waals surface area contributed by atoms with E-state index in [2.05, 4.69) is 15.0 Å². The third kappa shape index (κ3) is 1.94. The summed E-state index contributed by atoms with van der Waals surface area (Å²) in [5.41, 5.74) is 5.33. The molecule has 4 atom stereocenters. The van der Waals surface area contributed by atoms with Crippen LogP contribution < -0.4 is 11.3 Å². The number of aromatic amines is 1. The Kier molecular flexibility index (Phi) is 2.94. The predicted molar refractivity (Wildman–Crippen MR) is 65.5 cm³/mol. The van der Waals surface area contributed by atoms with Crippen LogP contribution in [0.3, 0.4) is 0 Å². The van der Waals surface area contributed by atoms with Crippen LogP contribution >= 0.6 is 0 Å². The molecular formula is C10H13N5O5. The first-order valence-corrected chi connectivity index (χ1v) is 5.87. The van der Waals surface area contributed by atoms with Crippen LogP contribution in [-0.4, -0.2) is 59.4 Å². The van der Waals surface area contributed by atoms with Crippen LogP contribution in [-0.2, 0) is 11.3 Å². The number of aliphatic hydroxyl groups is 3. The second-order valence-corrected chi connectivity index (χ2v) is 4.57. The number of nitrogens with zero attached hydrogens (tertiary/aromatic N) is 3. The molecule has 2 aromatic heterocycles. The molecular weight excluding hydrogens is 270 g/mol. The monoisotopic (exact) mass is 283 g/mol. The van der Waals surface area contributed by atoms with Crippen molar-refractivity contribution in [3.8, 4) is 0 Å². The zero-order valence-corrected chi connectivity index (χ0v) is 10.2. The van der Waals surface area contributed by atoms with Crippen molar-refractivity contribution in [1.82, 2.24) is 19.5 Å². The first-order chi connectivity index (χ1) is 9.47. The fraction of sp³-hybridized carbons (Fsp3) is 0.500. The molecule has 0 bridgehead atoms. The van der Waals surface area contributed by atoms with Gasteiger partial charge in [-0.3, -0.25) is 9.78 Å². The third-order valence-corrected chi connectivity index (χ3v) is 3.21. The first kappa shape index (κ1) is 13.0. The number of aliphatic hydroxyl groups excluding tert-OH is 3. The van der Waals surface area contributed by atoms with E-state index in [4.69, 9.17) is 10.5 Å². The van der Waals surface area contributed by atoms with E-state index in [1.54, 1.807) is 0 Å². The van der Waals surface area contributed by atoms with E-state index in [0.29, 0.717) is 0 Å². The highest BCUT2D eigenvalue weighted by Crippen LogP contribution is 2.21. The number of imidazole rings is 1. The van der Waals surface area contributed by atoms with Gasteiger partial charge in [0.25, 0.3) is 5.56 Å². The maximum Gasteiger partial charge on any atom is 0.280 e. The number of aromatic nitrogens is 4. The quantitative estimate of drug-likeness (QED) is 0.393. The molecule has 1 saturated heterocycles. The Morgan fingerprint density at radius 1 is 1.40 bits per heavy atom. The molecule has 1 aliphatic heterocycles. The largest absolute Gasteiger partial charge is 0.387 e. The average molecular weight is 283 g/mol. The zero-order chi connectivity index (χ0) is 14.4. The summed E-state index contributed by atoms with van der Waals surface area (Å²) in [6.45, 7) is 0.0572. The van der Waals surface area contributed by atoms with Crippen molar-refractivity contribution in [1.29, 1.82) is 0 Å². The minimum absolute atomic E-state index is 0.0572. The SMILES string of the molecule is Nc1nc2c(ncn2CC2OC(O)C(O)C2O)c(=O)[nH]1. The summed E-state index contributed by atoms with van der Waals surface area (Å²) >= 11 is 0. The number of hydrogen-bond donors (Lipinski definition) is 5. The van der Waals surface area contributed by atoms with Gasteiger partial charge in [0.15, 0.2) is 17.5 Å². The normalized spacial score (nSPS) is 30.1. The topological polar surface area (TPSA) is 160 Å². The van der Waals surface area contributed by atoms with Gasteiger partial charge in [-0.1, -0.05) is 0 Å². The van der Waals surface area contributed by atoms with Crippen LogP contribution in [0.25, 0.3) is 11.2 Å². The van der Waals surface area contributed by atoms with E-state index in [1.165, 1.54) is 10.9 Å². The van der Waals surface area contributed by atoms with Gasteiger partial charge in [-0.2, -0.15) is 4.98 Å². The molecule has 10 heteroatoms. The summed E-state index contributed by atoms with van der Waals surface area (Å²) in [4.78, 5) is 21.8. The lowest BCUT2D eigenvalue weighted by Crippen LogP contribution is -2.34. The second-order valence-electron chi connectivity index (χ2n) is 4.57. The molecule has 6 N–H and O–H groups in total. The Labute approximate surface area is 111 Å². The van der Waals surface area contributed by atoms with Gasteiger partial charge in [-0.05, 0) is 0 Å². The maximum atomic E-state index is 11.6. The van der Waals surface area contributed by atoms with Crippen molar-refractivity contribution in [2.45, 2.75) is 31.1 Å². The Hall–Kier alpha value is -2.01. The van der Waals surface area contributed by atoms with Gasteiger partial charge in [0.2, 0.25) is 5.95 Å². The molecule has 3 heterocycles. The molecule has 20 heavy (non-hydrogen) atoms. The van der Waals surface area contributed by atoms with E-state index in [0.717, 1.165) is 0 Å². The van der Waals surface area contributed by atoms with E-state index in [1.807, 2.05) is 0 Å². The van der Waals surface area contributed by atoms with Crippen molar-refractivity contribution in [2.24, 2.45) is 0 Å². The summed E-state index contributed by atoms with van der Waals surface area (Å²) < 4.78 is 6.49. The van der Waals surface area contributed by atoms with Crippen molar-refractivity contribution in [2.75, 3.05) is 5.73 Å². The maximum absolute atomic E-state index is 11.6. The lowest BCUT2D eigenvalue weighted by Gasteiger charge is -2.14. The molecule has 0 amide bonds. The molecule has 0 saturated carbocycles. The number of H-pyrrole nitrogens is 1. The number of fused-ring (bicyclic) bond motifs is 1. The fourth-order valence-electron chi connectivity index (χ4n) is 2.18. The van der Waals surface area contributed by atoms with Gasteiger partial charge in [-0.25, -0.2) is 4.98 Å². The van der Waals surface area contributed by atoms with Crippen LogP contribution in [0.4, 0.5) is 5.95 Å². The Morgan fingerprint density at radius 2 is 2.15 bits per heavy atom. The van der Waals surface area contributed by atoms with E-state index < -0.39 is 30.2 Å². The smallest absolute Gasteiger partial charge is 0.280 e. The molecule has 0 aromatic carbocycles. The van der Waals surface area contributed by atoms with Crippen LogP contribution in [0.2, 0.25) is 0 Å². The summed E-state index contributed by atoms with van der Waals surface area (Å²) in [7, 11) is 0. The van der Waals surface area contributed by atoms with E-state index in [9.17, 15) is 20.1 Å². The number of nitrogens with two attached hydrogens (primary N) is 1. The van der Waals surface area contributed by atoms with Gasteiger partial charge < -0.3 is 30.4 Å². The number of hydrogen-bond acceptors (Lipinski definition) is 8. The van der Waals surface area contributed by atoms with Crippen molar-refractivity contribution < 1.29 is 20.1 Å². The Morgan fingerprint density at radius 3 is 2.80 bits per heavy atom. The summed E-state index contributed by atoms with van der Waals surface area (Å²) in [6, 6.07) is 0. The third-order valence-electron chi connectivity index (χ3n) is 3.21. The number of anilines is 1. The van der Waals surface area contributed by atoms with Crippen LogP contribution in [0.5, 0.6) is 0 Å². The van der Waals surface area contributed by atoms with Crippen LogP contribution in [0, 0.1) is 0 Å². The van der Waals surface area contributed by atoms with Crippen molar-refractivity contribution in [3.05, 3.63) is 16.7 Å². The molecule has 3 rings (SSSR count).